The number of imidazole rings is 2. The molecular weight excluding hydrogens is 500 g/mol. The fraction of sp³-hybridized carbons (Fsp3) is 0.182. The highest BCUT2D eigenvalue weighted by atomic mass is 16.4. The van der Waals surface area contributed by atoms with Gasteiger partial charge in [-0.3, -0.25) is 0 Å². The van der Waals surface area contributed by atoms with Crippen molar-refractivity contribution >= 4 is 28.0 Å². The zero-order valence-corrected chi connectivity index (χ0v) is 22.7. The molecule has 4 aromatic carbocycles. The molecule has 40 heavy (non-hydrogen) atoms. The van der Waals surface area contributed by atoms with Gasteiger partial charge in [-0.15, -0.1) is 0 Å². The van der Waals surface area contributed by atoms with Gasteiger partial charge in [0.25, 0.3) is 0 Å². The van der Waals surface area contributed by atoms with Crippen LogP contribution < -0.4 is 0 Å². The van der Waals surface area contributed by atoms with E-state index >= 15 is 0 Å². The summed E-state index contributed by atoms with van der Waals surface area (Å²) < 4.78 is 4.42. The summed E-state index contributed by atoms with van der Waals surface area (Å²) >= 11 is 0. The summed E-state index contributed by atoms with van der Waals surface area (Å²) in [6.45, 7) is 4.89. The maximum absolute atomic E-state index is 11.8. The van der Waals surface area contributed by atoms with E-state index in [1.54, 1.807) is 12.1 Å². The predicted molar refractivity (Wildman–Crippen MR) is 158 cm³/mol. The van der Waals surface area contributed by atoms with E-state index in [4.69, 9.17) is 9.97 Å². The Morgan fingerprint density at radius 1 is 0.900 bits per heavy atom. The van der Waals surface area contributed by atoms with Crippen LogP contribution in [0.4, 0.5) is 0 Å². The van der Waals surface area contributed by atoms with Crippen molar-refractivity contribution in [2.24, 2.45) is 7.05 Å². The quantitative estimate of drug-likeness (QED) is 0.232. The van der Waals surface area contributed by atoms with E-state index in [0.717, 1.165) is 68.8 Å². The molecule has 0 fully saturated rings. The molecule has 2 heterocycles. The summed E-state index contributed by atoms with van der Waals surface area (Å²) in [7, 11) is 2.05. The molecule has 0 unspecified atom stereocenters. The minimum atomic E-state index is -1.15. The van der Waals surface area contributed by atoms with Gasteiger partial charge in [-0.05, 0) is 65.9 Å². The Bertz CT molecular complexity index is 1900. The predicted octanol–water partition coefficient (Wildman–Crippen LogP) is 6.97. The summed E-state index contributed by atoms with van der Waals surface area (Å²) in [6, 6.07) is 25.1. The van der Waals surface area contributed by atoms with Gasteiger partial charge in [0, 0.05) is 25.6 Å². The monoisotopic (exact) mass is 530 g/mol. The first-order chi connectivity index (χ1) is 19.4. The van der Waals surface area contributed by atoms with E-state index in [0.29, 0.717) is 12.1 Å². The van der Waals surface area contributed by atoms with Gasteiger partial charge in [-0.2, -0.15) is 0 Å². The van der Waals surface area contributed by atoms with Crippen LogP contribution >= 0.6 is 0 Å². The Labute approximate surface area is 232 Å². The topological polar surface area (TPSA) is 93.2 Å². The lowest BCUT2D eigenvalue weighted by Crippen LogP contribution is -2.05. The first-order valence-corrected chi connectivity index (χ1v) is 13.4. The average molecular weight is 531 g/mol. The SMILES string of the molecule is CCCc1nc2c(C)cc(-c3nc4ccccc4n3C)cc2n1Cc1ccc(-c2cccc(O)c2C(=O)O)cc1. The van der Waals surface area contributed by atoms with Crippen molar-refractivity contribution < 1.29 is 15.0 Å². The second-order valence-corrected chi connectivity index (χ2v) is 10.2. The molecule has 0 bridgehead atoms. The van der Waals surface area contributed by atoms with Crippen molar-refractivity contribution in [1.29, 1.82) is 0 Å². The van der Waals surface area contributed by atoms with Gasteiger partial charge >= 0.3 is 5.97 Å². The van der Waals surface area contributed by atoms with Crippen LogP contribution in [0.15, 0.2) is 78.9 Å². The molecule has 0 atom stereocenters. The highest BCUT2D eigenvalue weighted by molar-refractivity contribution is 5.98. The Morgan fingerprint density at radius 3 is 2.40 bits per heavy atom. The summed E-state index contributed by atoms with van der Waals surface area (Å²) in [4.78, 5) is 21.7. The van der Waals surface area contributed by atoms with Crippen molar-refractivity contribution in [2.45, 2.75) is 33.2 Å². The van der Waals surface area contributed by atoms with Gasteiger partial charge in [0.05, 0.1) is 22.1 Å². The highest BCUT2D eigenvalue weighted by Crippen LogP contribution is 2.32. The number of carboxylic acids is 1. The van der Waals surface area contributed by atoms with E-state index in [1.165, 1.54) is 6.07 Å². The molecule has 0 amide bonds. The van der Waals surface area contributed by atoms with Crippen LogP contribution in [0, 0.1) is 6.92 Å². The number of nitrogens with zero attached hydrogens (tertiary/aromatic N) is 4. The second-order valence-electron chi connectivity index (χ2n) is 10.2. The van der Waals surface area contributed by atoms with Crippen LogP contribution in [0.1, 0.15) is 40.7 Å². The van der Waals surface area contributed by atoms with E-state index in [-0.39, 0.29) is 11.3 Å². The third kappa shape index (κ3) is 4.29. The minimum absolute atomic E-state index is 0.0916. The first kappa shape index (κ1) is 25.4. The fourth-order valence-corrected chi connectivity index (χ4v) is 5.54. The Balaban J connectivity index is 1.42. The van der Waals surface area contributed by atoms with Gasteiger partial charge in [-0.1, -0.05) is 55.5 Å². The maximum Gasteiger partial charge on any atom is 0.340 e. The number of aryl methyl sites for hydroxylation is 3. The number of hydrogen-bond acceptors (Lipinski definition) is 4. The number of para-hydroxylation sites is 2. The minimum Gasteiger partial charge on any atom is -0.507 e. The standard InChI is InChI=1S/C33H30N4O3/c1-4-8-29-35-31-20(2)17-23(32-34-25-10-5-6-11-26(25)36(32)3)18-27(31)37(29)19-21-13-15-22(16-14-21)24-9-7-12-28(38)30(24)33(39)40/h5-7,9-18,38H,4,8,19H2,1-3H3,(H,39,40). The van der Waals surface area contributed by atoms with Crippen LogP contribution in [0.2, 0.25) is 0 Å². The Morgan fingerprint density at radius 2 is 1.68 bits per heavy atom. The first-order valence-electron chi connectivity index (χ1n) is 13.4. The molecule has 6 aromatic rings. The number of aromatic carboxylic acids is 1. The lowest BCUT2D eigenvalue weighted by Gasteiger charge is -2.12. The number of fused-ring (bicyclic) bond motifs is 2. The number of aromatic hydroxyl groups is 1. The lowest BCUT2D eigenvalue weighted by molar-refractivity contribution is 0.0694. The van der Waals surface area contributed by atoms with Gasteiger partial charge in [-0.25, -0.2) is 14.8 Å². The third-order valence-corrected chi connectivity index (χ3v) is 7.50. The number of hydrogen-bond donors (Lipinski definition) is 2. The molecule has 0 radical (unpaired) electrons. The fourth-order valence-electron chi connectivity index (χ4n) is 5.54. The molecule has 0 spiro atoms. The average Bonchev–Trinajstić information content (AvgIpc) is 3.46. The molecule has 2 N–H and O–H groups in total. The molecule has 2 aromatic heterocycles. The number of rotatable bonds is 7. The van der Waals surface area contributed by atoms with Gasteiger partial charge < -0.3 is 19.3 Å². The van der Waals surface area contributed by atoms with Crippen LogP contribution in [0.3, 0.4) is 0 Å². The summed E-state index contributed by atoms with van der Waals surface area (Å²) in [5, 5.41) is 19.7. The van der Waals surface area contributed by atoms with E-state index in [1.807, 2.05) is 49.5 Å². The molecule has 7 heteroatoms. The normalized spacial score (nSPS) is 11.5. The van der Waals surface area contributed by atoms with Crippen LogP contribution in [-0.4, -0.2) is 35.3 Å². The van der Waals surface area contributed by atoms with Crippen LogP contribution in [-0.2, 0) is 20.0 Å². The molecule has 0 saturated carbocycles. The van der Waals surface area contributed by atoms with E-state index < -0.39 is 5.97 Å². The summed E-state index contributed by atoms with van der Waals surface area (Å²) in [5.41, 5.74) is 8.48. The van der Waals surface area contributed by atoms with Crippen molar-refractivity contribution in [3.05, 3.63) is 101 Å². The van der Waals surface area contributed by atoms with Crippen molar-refractivity contribution in [1.82, 2.24) is 19.1 Å². The Kier molecular flexibility index (Phi) is 6.34. The maximum atomic E-state index is 11.8. The van der Waals surface area contributed by atoms with Crippen molar-refractivity contribution in [2.75, 3.05) is 0 Å². The smallest absolute Gasteiger partial charge is 0.340 e. The third-order valence-electron chi connectivity index (χ3n) is 7.50. The van der Waals surface area contributed by atoms with Gasteiger partial charge in [0.2, 0.25) is 0 Å². The van der Waals surface area contributed by atoms with Crippen LogP contribution in [0.25, 0.3) is 44.6 Å². The molecule has 0 saturated heterocycles. The zero-order valence-electron chi connectivity index (χ0n) is 22.7. The molecule has 0 aliphatic heterocycles. The Hall–Kier alpha value is -4.91. The lowest BCUT2D eigenvalue weighted by atomic mass is 9.98. The molecule has 7 nitrogen and oxygen atoms in total. The molecule has 6 rings (SSSR count). The van der Waals surface area contributed by atoms with E-state index in [9.17, 15) is 15.0 Å². The number of benzene rings is 4. The molecule has 0 aliphatic rings. The summed E-state index contributed by atoms with van der Waals surface area (Å²) in [6.07, 6.45) is 1.84. The highest BCUT2D eigenvalue weighted by Gasteiger charge is 2.19. The molecule has 0 aliphatic carbocycles. The zero-order chi connectivity index (χ0) is 28.0. The number of aromatic nitrogens is 4. The molecular formula is C33H30N4O3. The molecule has 200 valence electrons. The largest absolute Gasteiger partial charge is 0.507 e. The number of phenols is 1. The van der Waals surface area contributed by atoms with Crippen molar-refractivity contribution in [3.63, 3.8) is 0 Å². The number of carboxylic acid groups (broad SMARTS) is 1. The van der Waals surface area contributed by atoms with Gasteiger partial charge in [0.15, 0.2) is 0 Å². The second kappa shape index (κ2) is 10.0. The van der Waals surface area contributed by atoms with Crippen molar-refractivity contribution in [3.8, 4) is 28.3 Å². The van der Waals surface area contributed by atoms with Gasteiger partial charge in [0.1, 0.15) is 23.0 Å². The van der Waals surface area contributed by atoms with Crippen LogP contribution in [0.5, 0.6) is 5.75 Å². The number of carbonyl (C=O) groups is 1. The summed E-state index contributed by atoms with van der Waals surface area (Å²) in [5.74, 6) is 0.557. The van der Waals surface area contributed by atoms with E-state index in [2.05, 4.69) is 41.2 Å².